The van der Waals surface area contributed by atoms with Gasteiger partial charge >= 0.3 is 6.18 Å². The smallest absolute Gasteiger partial charge is 0.382 e. The second kappa shape index (κ2) is 6.43. The van der Waals surface area contributed by atoms with Crippen LogP contribution in [0.3, 0.4) is 0 Å². The number of anilines is 1. The van der Waals surface area contributed by atoms with Gasteiger partial charge < -0.3 is 10.1 Å². The van der Waals surface area contributed by atoms with E-state index in [0.29, 0.717) is 23.3 Å². The molecule has 2 nitrogen and oxygen atoms in total. The maximum Gasteiger partial charge on any atom is 0.416 e. The molecule has 0 spiro atoms. The summed E-state index contributed by atoms with van der Waals surface area (Å²) in [5, 5.41) is 2.91. The van der Waals surface area contributed by atoms with Gasteiger partial charge in [-0.1, -0.05) is 0 Å². The molecule has 0 aliphatic carbocycles. The molecule has 0 heterocycles. The maximum atomic E-state index is 12.5. The van der Waals surface area contributed by atoms with E-state index in [4.69, 9.17) is 4.74 Å². The van der Waals surface area contributed by atoms with Gasteiger partial charge in [0.1, 0.15) is 0 Å². The van der Waals surface area contributed by atoms with Crippen LogP contribution in [0.1, 0.15) is 19.4 Å². The number of hydrogen-bond acceptors (Lipinski definition) is 2. The molecule has 18 heavy (non-hydrogen) atoms. The summed E-state index contributed by atoms with van der Waals surface area (Å²) in [7, 11) is 0. The van der Waals surface area contributed by atoms with Gasteiger partial charge in [0, 0.05) is 16.7 Å². The minimum absolute atomic E-state index is 0.108. The van der Waals surface area contributed by atoms with Gasteiger partial charge in [-0.05, 0) is 48.0 Å². The third-order valence-electron chi connectivity index (χ3n) is 2.16. The normalized spacial score (nSPS) is 11.9. The van der Waals surface area contributed by atoms with E-state index in [1.54, 1.807) is 0 Å². The molecule has 0 bridgehead atoms. The molecular weight excluding hydrogens is 311 g/mol. The van der Waals surface area contributed by atoms with Crippen molar-refractivity contribution in [3.63, 3.8) is 0 Å². The molecule has 1 N–H and O–H groups in total. The predicted octanol–water partition coefficient (Wildman–Crippen LogP) is 4.30. The SMILES string of the molecule is CC(C)OCCNc1cc(C(F)(F)F)ccc1Br. The second-order valence-corrected chi connectivity index (χ2v) is 4.89. The largest absolute Gasteiger partial charge is 0.416 e. The summed E-state index contributed by atoms with van der Waals surface area (Å²) in [5.41, 5.74) is -0.254. The van der Waals surface area contributed by atoms with Gasteiger partial charge in [0.05, 0.1) is 18.3 Å². The van der Waals surface area contributed by atoms with Gasteiger partial charge in [-0.3, -0.25) is 0 Å². The lowest BCUT2D eigenvalue weighted by molar-refractivity contribution is -0.137. The zero-order valence-corrected chi connectivity index (χ0v) is 11.7. The number of rotatable bonds is 5. The highest BCUT2D eigenvalue weighted by atomic mass is 79.9. The van der Waals surface area contributed by atoms with Crippen LogP contribution >= 0.6 is 15.9 Å². The monoisotopic (exact) mass is 325 g/mol. The Kier molecular flexibility index (Phi) is 5.47. The third-order valence-corrected chi connectivity index (χ3v) is 2.85. The van der Waals surface area contributed by atoms with Gasteiger partial charge in [0.15, 0.2) is 0 Å². The Morgan fingerprint density at radius 3 is 2.56 bits per heavy atom. The number of nitrogens with one attached hydrogen (secondary N) is 1. The van der Waals surface area contributed by atoms with Crippen molar-refractivity contribution in [2.24, 2.45) is 0 Å². The van der Waals surface area contributed by atoms with Gasteiger partial charge in [-0.2, -0.15) is 13.2 Å². The fourth-order valence-electron chi connectivity index (χ4n) is 1.32. The molecule has 0 aliphatic heterocycles. The Morgan fingerprint density at radius 2 is 2.00 bits per heavy atom. The Hall–Kier alpha value is -0.750. The van der Waals surface area contributed by atoms with Gasteiger partial charge in [0.2, 0.25) is 0 Å². The Labute approximate surface area is 113 Å². The number of halogens is 4. The van der Waals surface area contributed by atoms with Crippen molar-refractivity contribution in [3.05, 3.63) is 28.2 Å². The Bertz CT molecular complexity index is 393. The van der Waals surface area contributed by atoms with E-state index in [0.717, 1.165) is 12.1 Å². The van der Waals surface area contributed by atoms with E-state index in [1.165, 1.54) is 6.07 Å². The fraction of sp³-hybridized carbons (Fsp3) is 0.500. The first-order valence-corrected chi connectivity index (χ1v) is 6.32. The summed E-state index contributed by atoms with van der Waals surface area (Å²) in [6.07, 6.45) is -4.22. The standard InChI is InChI=1S/C12H15BrF3NO/c1-8(2)18-6-5-17-11-7-9(12(14,15)16)3-4-10(11)13/h3-4,7-8,17H,5-6H2,1-2H3. The third kappa shape index (κ3) is 4.86. The number of ether oxygens (including phenoxy) is 1. The molecule has 0 fully saturated rings. The number of alkyl halides is 3. The molecule has 0 saturated carbocycles. The molecule has 1 aromatic rings. The summed E-state index contributed by atoms with van der Waals surface area (Å²) >= 11 is 3.21. The summed E-state index contributed by atoms with van der Waals surface area (Å²) in [5.74, 6) is 0. The molecular formula is C12H15BrF3NO. The van der Waals surface area contributed by atoms with Crippen molar-refractivity contribution in [2.45, 2.75) is 26.1 Å². The van der Waals surface area contributed by atoms with E-state index in [-0.39, 0.29) is 6.10 Å². The van der Waals surface area contributed by atoms with E-state index in [1.807, 2.05) is 13.8 Å². The topological polar surface area (TPSA) is 21.3 Å². The zero-order chi connectivity index (χ0) is 13.8. The molecule has 102 valence electrons. The van der Waals surface area contributed by atoms with E-state index >= 15 is 0 Å². The van der Waals surface area contributed by atoms with Crippen LogP contribution in [-0.2, 0) is 10.9 Å². The molecule has 1 rings (SSSR count). The lowest BCUT2D eigenvalue weighted by Gasteiger charge is -2.13. The molecule has 0 unspecified atom stereocenters. The first kappa shape index (κ1) is 15.3. The minimum Gasteiger partial charge on any atom is -0.382 e. The highest BCUT2D eigenvalue weighted by Crippen LogP contribution is 2.33. The van der Waals surface area contributed by atoms with Crippen LogP contribution in [-0.4, -0.2) is 19.3 Å². The zero-order valence-electron chi connectivity index (χ0n) is 10.1. The minimum atomic E-state index is -4.33. The molecule has 0 amide bonds. The van der Waals surface area contributed by atoms with Gasteiger partial charge in [-0.15, -0.1) is 0 Å². The average molecular weight is 326 g/mol. The first-order valence-electron chi connectivity index (χ1n) is 5.53. The van der Waals surface area contributed by atoms with Gasteiger partial charge in [0.25, 0.3) is 0 Å². The van der Waals surface area contributed by atoms with Crippen molar-refractivity contribution in [2.75, 3.05) is 18.5 Å². The molecule has 0 aromatic heterocycles. The van der Waals surface area contributed by atoms with E-state index in [9.17, 15) is 13.2 Å². The Balaban J connectivity index is 2.64. The summed E-state index contributed by atoms with van der Waals surface area (Å²) in [6.45, 7) is 4.71. The summed E-state index contributed by atoms with van der Waals surface area (Å²) in [4.78, 5) is 0. The lowest BCUT2D eigenvalue weighted by atomic mass is 10.2. The summed E-state index contributed by atoms with van der Waals surface area (Å²) < 4.78 is 43.5. The van der Waals surface area contributed by atoms with Crippen LogP contribution in [0.5, 0.6) is 0 Å². The molecule has 0 aliphatic rings. The second-order valence-electron chi connectivity index (χ2n) is 4.04. The Morgan fingerprint density at radius 1 is 1.33 bits per heavy atom. The highest BCUT2D eigenvalue weighted by molar-refractivity contribution is 9.10. The van der Waals surface area contributed by atoms with Crippen molar-refractivity contribution in [1.29, 1.82) is 0 Å². The fourth-order valence-corrected chi connectivity index (χ4v) is 1.70. The molecule has 0 atom stereocenters. The molecule has 0 radical (unpaired) electrons. The van der Waals surface area contributed by atoms with Crippen molar-refractivity contribution in [1.82, 2.24) is 0 Å². The molecule has 0 saturated heterocycles. The van der Waals surface area contributed by atoms with Crippen LogP contribution in [0, 0.1) is 0 Å². The number of benzene rings is 1. The number of hydrogen-bond donors (Lipinski definition) is 1. The molecule has 1 aromatic carbocycles. The van der Waals surface area contributed by atoms with Crippen LogP contribution in [0.2, 0.25) is 0 Å². The highest BCUT2D eigenvalue weighted by Gasteiger charge is 2.30. The van der Waals surface area contributed by atoms with Crippen molar-refractivity contribution < 1.29 is 17.9 Å². The predicted molar refractivity (Wildman–Crippen MR) is 68.7 cm³/mol. The lowest BCUT2D eigenvalue weighted by Crippen LogP contribution is -2.14. The van der Waals surface area contributed by atoms with Crippen molar-refractivity contribution >= 4 is 21.6 Å². The van der Waals surface area contributed by atoms with Crippen LogP contribution in [0.25, 0.3) is 0 Å². The summed E-state index contributed by atoms with van der Waals surface area (Å²) in [6, 6.07) is 3.51. The van der Waals surface area contributed by atoms with E-state index < -0.39 is 11.7 Å². The van der Waals surface area contributed by atoms with E-state index in [2.05, 4.69) is 21.2 Å². The van der Waals surface area contributed by atoms with Crippen LogP contribution < -0.4 is 5.32 Å². The van der Waals surface area contributed by atoms with Crippen LogP contribution in [0.4, 0.5) is 18.9 Å². The van der Waals surface area contributed by atoms with Crippen LogP contribution in [0.15, 0.2) is 22.7 Å². The molecule has 6 heteroatoms. The first-order chi connectivity index (χ1) is 8.30. The quantitative estimate of drug-likeness (QED) is 0.815. The van der Waals surface area contributed by atoms with Crippen molar-refractivity contribution in [3.8, 4) is 0 Å². The average Bonchev–Trinajstić information content (AvgIpc) is 2.24. The van der Waals surface area contributed by atoms with Gasteiger partial charge in [-0.25, -0.2) is 0 Å². The maximum absolute atomic E-state index is 12.5.